The molecule has 0 amide bonds. The molecule has 100 valence electrons. The van der Waals surface area contributed by atoms with E-state index in [0.717, 1.165) is 5.01 Å². The average molecular weight is 277 g/mol. The summed E-state index contributed by atoms with van der Waals surface area (Å²) in [7, 11) is 0. The Bertz CT molecular complexity index is 569. The van der Waals surface area contributed by atoms with Gasteiger partial charge in [0, 0.05) is 35.4 Å². The van der Waals surface area contributed by atoms with E-state index in [2.05, 4.69) is 10.3 Å². The summed E-state index contributed by atoms with van der Waals surface area (Å²) < 4.78 is 0. The second kappa shape index (κ2) is 5.71. The topological polar surface area (TPSA) is 88.2 Å². The summed E-state index contributed by atoms with van der Waals surface area (Å²) in [6, 6.07) is 4.83. The molecule has 1 unspecified atom stereocenters. The van der Waals surface area contributed by atoms with E-state index in [1.54, 1.807) is 29.7 Å². The van der Waals surface area contributed by atoms with Gasteiger partial charge in [-0.3, -0.25) is 0 Å². The lowest BCUT2D eigenvalue weighted by Crippen LogP contribution is -2.13. The molecule has 0 bridgehead atoms. The number of hydrogen-bond acceptors (Lipinski definition) is 5. The molecule has 1 aromatic heterocycles. The third-order valence-electron chi connectivity index (χ3n) is 2.75. The molecule has 0 aliphatic heterocycles. The third kappa shape index (κ3) is 3.23. The first kappa shape index (κ1) is 13.4. The van der Waals surface area contributed by atoms with Crippen molar-refractivity contribution in [1.82, 2.24) is 4.98 Å². The number of nitrogens with two attached hydrogens (primary N) is 1. The second-order valence-electron chi connectivity index (χ2n) is 4.26. The van der Waals surface area contributed by atoms with E-state index in [1.807, 2.05) is 12.3 Å². The molecule has 2 rings (SSSR count). The van der Waals surface area contributed by atoms with Crippen molar-refractivity contribution in [2.45, 2.75) is 12.8 Å². The van der Waals surface area contributed by atoms with Gasteiger partial charge in [-0.25, -0.2) is 9.78 Å². The Morgan fingerprint density at radius 1 is 1.58 bits per heavy atom. The van der Waals surface area contributed by atoms with E-state index in [9.17, 15) is 4.79 Å². The van der Waals surface area contributed by atoms with Crippen molar-refractivity contribution < 1.29 is 9.90 Å². The first-order chi connectivity index (χ1) is 9.08. The molecule has 0 fully saturated rings. The van der Waals surface area contributed by atoms with Crippen LogP contribution in [0.5, 0.6) is 0 Å². The number of thiazole rings is 1. The quantitative estimate of drug-likeness (QED) is 0.731. The number of hydrogen-bond donors (Lipinski definition) is 3. The molecule has 19 heavy (non-hydrogen) atoms. The summed E-state index contributed by atoms with van der Waals surface area (Å²) in [6.45, 7) is 2.67. The fourth-order valence-electron chi connectivity index (χ4n) is 1.72. The maximum Gasteiger partial charge on any atom is 0.337 e. The van der Waals surface area contributed by atoms with Crippen LogP contribution >= 0.6 is 11.3 Å². The van der Waals surface area contributed by atoms with Gasteiger partial charge in [-0.2, -0.15) is 0 Å². The van der Waals surface area contributed by atoms with Crippen molar-refractivity contribution in [2.24, 2.45) is 0 Å². The minimum absolute atomic E-state index is 0.186. The third-order valence-corrected chi connectivity index (χ3v) is 3.75. The van der Waals surface area contributed by atoms with Crippen molar-refractivity contribution >= 4 is 28.7 Å². The highest BCUT2D eigenvalue weighted by molar-refractivity contribution is 7.09. The molecule has 0 saturated carbocycles. The Labute approximate surface area is 115 Å². The van der Waals surface area contributed by atoms with Crippen LogP contribution < -0.4 is 11.1 Å². The lowest BCUT2D eigenvalue weighted by atomic mass is 10.1. The number of carboxylic acid groups (broad SMARTS) is 1. The van der Waals surface area contributed by atoms with Crippen molar-refractivity contribution in [3.8, 4) is 0 Å². The van der Waals surface area contributed by atoms with Crippen molar-refractivity contribution in [2.75, 3.05) is 17.6 Å². The summed E-state index contributed by atoms with van der Waals surface area (Å²) in [5.74, 6) is -0.768. The number of benzene rings is 1. The second-order valence-corrected chi connectivity index (χ2v) is 5.19. The van der Waals surface area contributed by atoms with E-state index in [0.29, 0.717) is 17.9 Å². The monoisotopic (exact) mass is 277 g/mol. The molecule has 5 nitrogen and oxygen atoms in total. The predicted octanol–water partition coefficient (Wildman–Crippen LogP) is 2.64. The van der Waals surface area contributed by atoms with E-state index in [-0.39, 0.29) is 11.5 Å². The van der Waals surface area contributed by atoms with Crippen molar-refractivity contribution in [3.63, 3.8) is 0 Å². The first-order valence-corrected chi connectivity index (χ1v) is 6.72. The van der Waals surface area contributed by atoms with Crippen LogP contribution in [0.25, 0.3) is 0 Å². The highest BCUT2D eigenvalue weighted by Crippen LogP contribution is 2.22. The van der Waals surface area contributed by atoms with Crippen molar-refractivity contribution in [1.29, 1.82) is 0 Å². The van der Waals surface area contributed by atoms with Crippen LogP contribution in [-0.4, -0.2) is 22.6 Å². The number of carboxylic acids is 1. The Morgan fingerprint density at radius 3 is 3.00 bits per heavy atom. The number of carbonyl (C=O) groups is 1. The average Bonchev–Trinajstić information content (AvgIpc) is 2.90. The Kier molecular flexibility index (Phi) is 4.01. The van der Waals surface area contributed by atoms with Gasteiger partial charge >= 0.3 is 5.97 Å². The Hall–Kier alpha value is -2.08. The standard InChI is InChI=1S/C13H15N3O2S/c1-8(12-15-4-5-19-12)7-16-11-3-2-9(14)6-10(11)13(17)18/h2-6,8,16H,7,14H2,1H3,(H,17,18). The zero-order valence-electron chi connectivity index (χ0n) is 10.5. The minimum atomic E-state index is -0.989. The highest BCUT2D eigenvalue weighted by atomic mass is 32.1. The summed E-state index contributed by atoms with van der Waals surface area (Å²) in [4.78, 5) is 15.4. The number of aromatic nitrogens is 1. The molecule has 1 heterocycles. The SMILES string of the molecule is CC(CNc1ccc(N)cc1C(=O)O)c1nccs1. The minimum Gasteiger partial charge on any atom is -0.478 e. The normalized spacial score (nSPS) is 12.1. The largest absolute Gasteiger partial charge is 0.478 e. The Morgan fingerprint density at radius 2 is 2.37 bits per heavy atom. The van der Waals surface area contributed by atoms with Gasteiger partial charge in [0.1, 0.15) is 0 Å². The molecule has 0 spiro atoms. The summed E-state index contributed by atoms with van der Waals surface area (Å²) in [6.07, 6.45) is 1.77. The molecular formula is C13H15N3O2S. The van der Waals surface area contributed by atoms with Crippen LogP contribution in [0.4, 0.5) is 11.4 Å². The molecule has 0 radical (unpaired) electrons. The molecule has 0 saturated heterocycles. The van der Waals surface area contributed by atoms with E-state index in [4.69, 9.17) is 10.8 Å². The fourth-order valence-corrected chi connectivity index (χ4v) is 2.42. The lowest BCUT2D eigenvalue weighted by molar-refractivity contribution is 0.0698. The number of aromatic carboxylic acids is 1. The summed E-state index contributed by atoms with van der Waals surface area (Å²) >= 11 is 1.59. The predicted molar refractivity (Wildman–Crippen MR) is 76.8 cm³/mol. The van der Waals surface area contributed by atoms with Gasteiger partial charge in [0.25, 0.3) is 0 Å². The van der Waals surface area contributed by atoms with Crippen LogP contribution in [0.3, 0.4) is 0 Å². The van der Waals surface area contributed by atoms with Gasteiger partial charge in [-0.15, -0.1) is 11.3 Å². The summed E-state index contributed by atoms with van der Waals surface area (Å²) in [5.41, 5.74) is 6.80. The van der Waals surface area contributed by atoms with Crippen LogP contribution in [0.2, 0.25) is 0 Å². The van der Waals surface area contributed by atoms with Gasteiger partial charge in [-0.1, -0.05) is 6.92 Å². The van der Waals surface area contributed by atoms with E-state index in [1.165, 1.54) is 6.07 Å². The maximum absolute atomic E-state index is 11.1. The number of nitrogens with zero attached hydrogens (tertiary/aromatic N) is 1. The molecule has 0 aliphatic rings. The molecule has 6 heteroatoms. The highest BCUT2D eigenvalue weighted by Gasteiger charge is 2.13. The zero-order chi connectivity index (χ0) is 13.8. The summed E-state index contributed by atoms with van der Waals surface area (Å²) in [5, 5.41) is 15.2. The van der Waals surface area contributed by atoms with Gasteiger partial charge in [0.05, 0.1) is 10.6 Å². The van der Waals surface area contributed by atoms with Crippen molar-refractivity contribution in [3.05, 3.63) is 40.3 Å². The van der Waals surface area contributed by atoms with E-state index >= 15 is 0 Å². The fraction of sp³-hybridized carbons (Fsp3) is 0.231. The number of nitrogens with one attached hydrogen (secondary N) is 1. The van der Waals surface area contributed by atoms with Gasteiger partial charge in [-0.05, 0) is 18.2 Å². The van der Waals surface area contributed by atoms with Gasteiger partial charge in [0.15, 0.2) is 0 Å². The zero-order valence-corrected chi connectivity index (χ0v) is 11.3. The van der Waals surface area contributed by atoms with E-state index < -0.39 is 5.97 Å². The molecular weight excluding hydrogens is 262 g/mol. The molecule has 1 aromatic carbocycles. The number of anilines is 2. The van der Waals surface area contributed by atoms with Gasteiger partial charge in [0.2, 0.25) is 0 Å². The smallest absolute Gasteiger partial charge is 0.337 e. The Balaban J connectivity index is 2.09. The lowest BCUT2D eigenvalue weighted by Gasteiger charge is -2.13. The van der Waals surface area contributed by atoms with Gasteiger partial charge < -0.3 is 16.2 Å². The van der Waals surface area contributed by atoms with Crippen LogP contribution in [-0.2, 0) is 0 Å². The van der Waals surface area contributed by atoms with Crippen LogP contribution in [0.1, 0.15) is 28.2 Å². The maximum atomic E-state index is 11.1. The van der Waals surface area contributed by atoms with Crippen LogP contribution in [0, 0.1) is 0 Å². The molecule has 2 aromatic rings. The molecule has 1 atom stereocenters. The molecule has 0 aliphatic carbocycles. The number of nitrogen functional groups attached to an aromatic ring is 1. The molecule has 4 N–H and O–H groups in total. The number of rotatable bonds is 5. The first-order valence-electron chi connectivity index (χ1n) is 5.84. The van der Waals surface area contributed by atoms with Crippen LogP contribution in [0.15, 0.2) is 29.8 Å².